The van der Waals surface area contributed by atoms with Gasteiger partial charge in [-0.25, -0.2) is 0 Å². The van der Waals surface area contributed by atoms with E-state index in [1.807, 2.05) is 0 Å². The van der Waals surface area contributed by atoms with E-state index in [0.29, 0.717) is 13.1 Å². The fourth-order valence-electron chi connectivity index (χ4n) is 0. The molecule has 0 bridgehead atoms. The molecule has 0 heterocycles. The largest absolute Gasteiger partial charge is 0.329 e. The molecule has 0 fully saturated rings. The normalized spacial score (nSPS) is 5.00. The Balaban J connectivity index is -0.0000000450. The maximum absolute atomic E-state index is 4.90. The van der Waals surface area contributed by atoms with Crippen LogP contribution < -0.4 is 11.5 Å². The monoisotopic (exact) mass is 155 g/mol. The van der Waals surface area contributed by atoms with Crippen molar-refractivity contribution in [1.82, 2.24) is 0 Å². The van der Waals surface area contributed by atoms with Crippen LogP contribution in [0, 0.1) is 0 Å². The van der Waals surface area contributed by atoms with E-state index in [9.17, 15) is 0 Å². The average Bonchev–Trinajstić information content (AvgIpc) is 1.37. The van der Waals surface area contributed by atoms with Crippen molar-refractivity contribution in [2.45, 2.75) is 0 Å². The quantitative estimate of drug-likeness (QED) is 0.527. The van der Waals surface area contributed by atoms with E-state index in [4.69, 9.17) is 11.5 Å². The molecule has 6 heavy (non-hydrogen) atoms. The summed E-state index contributed by atoms with van der Waals surface area (Å²) in [5.74, 6) is 0. The Labute approximate surface area is 54.3 Å². The maximum Gasteiger partial charge on any atom is 0.00461 e. The molecule has 1 radical (unpaired) electrons. The van der Waals surface area contributed by atoms with Crippen LogP contribution in [0.5, 0.6) is 0 Å². The first-order valence-electron chi connectivity index (χ1n) is 1.32. The Morgan fingerprint density at radius 1 is 1.00 bits per heavy atom. The molecule has 0 atom stereocenters. The first kappa shape index (κ1) is 15.9. The number of hydrogen-bond donors (Lipinski definition) is 2. The van der Waals surface area contributed by atoms with Crippen LogP contribution in [0.15, 0.2) is 0 Å². The van der Waals surface area contributed by atoms with E-state index >= 15 is 0 Å². The second kappa shape index (κ2) is 17.2. The van der Waals surface area contributed by atoms with Crippen molar-refractivity contribution < 1.29 is 16.8 Å². The van der Waals surface area contributed by atoms with Crippen molar-refractivity contribution in [2.75, 3.05) is 13.1 Å². The molecule has 0 saturated carbocycles. The van der Waals surface area contributed by atoms with Crippen molar-refractivity contribution in [3.8, 4) is 0 Å². The SMILES string of the molecule is Cl.NCCN.[Co]. The van der Waals surface area contributed by atoms with Gasteiger partial charge in [0.05, 0.1) is 0 Å². The minimum absolute atomic E-state index is 0. The van der Waals surface area contributed by atoms with Gasteiger partial charge in [0, 0.05) is 29.9 Å². The second-order valence-electron chi connectivity index (χ2n) is 0.577. The summed E-state index contributed by atoms with van der Waals surface area (Å²) in [7, 11) is 0. The van der Waals surface area contributed by atoms with Gasteiger partial charge >= 0.3 is 0 Å². The van der Waals surface area contributed by atoms with Crippen molar-refractivity contribution in [3.05, 3.63) is 0 Å². The first-order valence-corrected chi connectivity index (χ1v) is 1.32. The molecule has 0 aromatic rings. The summed E-state index contributed by atoms with van der Waals surface area (Å²) >= 11 is 0. The van der Waals surface area contributed by atoms with Crippen molar-refractivity contribution in [3.63, 3.8) is 0 Å². The smallest absolute Gasteiger partial charge is 0.00461 e. The van der Waals surface area contributed by atoms with Crippen LogP contribution >= 0.6 is 12.4 Å². The van der Waals surface area contributed by atoms with Gasteiger partial charge in [0.2, 0.25) is 0 Å². The van der Waals surface area contributed by atoms with Crippen molar-refractivity contribution in [2.24, 2.45) is 11.5 Å². The second-order valence-corrected chi connectivity index (χ2v) is 0.577. The fourth-order valence-corrected chi connectivity index (χ4v) is 0. The molecule has 0 aliphatic rings. The van der Waals surface area contributed by atoms with Crippen LogP contribution in [0.4, 0.5) is 0 Å². The van der Waals surface area contributed by atoms with E-state index in [2.05, 4.69) is 0 Å². The van der Waals surface area contributed by atoms with Crippen molar-refractivity contribution >= 4 is 12.4 Å². The molecular weight excluding hydrogens is 146 g/mol. The molecule has 0 aromatic heterocycles. The minimum Gasteiger partial charge on any atom is -0.329 e. The number of nitrogens with two attached hydrogens (primary N) is 2. The van der Waals surface area contributed by atoms with Gasteiger partial charge in [-0.1, -0.05) is 0 Å². The van der Waals surface area contributed by atoms with Gasteiger partial charge in [-0.05, 0) is 0 Å². The molecule has 0 amide bonds. The zero-order valence-electron chi connectivity index (χ0n) is 3.31. The van der Waals surface area contributed by atoms with Gasteiger partial charge in [-0.15, -0.1) is 12.4 Å². The third-order valence-corrected chi connectivity index (χ3v) is 0.167. The summed E-state index contributed by atoms with van der Waals surface area (Å²) in [6.45, 7) is 1.19. The van der Waals surface area contributed by atoms with Gasteiger partial charge in [0.15, 0.2) is 0 Å². The van der Waals surface area contributed by atoms with E-state index in [1.165, 1.54) is 0 Å². The zero-order chi connectivity index (χ0) is 3.41. The summed E-state index contributed by atoms with van der Waals surface area (Å²) < 4.78 is 0. The van der Waals surface area contributed by atoms with Crippen LogP contribution in [0.3, 0.4) is 0 Å². The van der Waals surface area contributed by atoms with Gasteiger partial charge < -0.3 is 11.5 Å². The van der Waals surface area contributed by atoms with Gasteiger partial charge in [-0.3, -0.25) is 0 Å². The summed E-state index contributed by atoms with van der Waals surface area (Å²) in [5, 5.41) is 0. The molecule has 4 N–H and O–H groups in total. The molecule has 0 spiro atoms. The number of hydrogen-bond acceptors (Lipinski definition) is 2. The molecule has 0 unspecified atom stereocenters. The molecule has 43 valence electrons. The van der Waals surface area contributed by atoms with Crippen LogP contribution in [-0.4, -0.2) is 13.1 Å². The molecule has 2 nitrogen and oxygen atoms in total. The molecule has 4 heteroatoms. The van der Waals surface area contributed by atoms with Crippen LogP contribution in [0.25, 0.3) is 0 Å². The van der Waals surface area contributed by atoms with E-state index in [0.717, 1.165) is 0 Å². The summed E-state index contributed by atoms with van der Waals surface area (Å²) in [6, 6.07) is 0. The third kappa shape index (κ3) is 22.1. The molecule has 0 rings (SSSR count). The Morgan fingerprint density at radius 2 is 1.17 bits per heavy atom. The zero-order valence-corrected chi connectivity index (χ0v) is 5.17. The van der Waals surface area contributed by atoms with Crippen molar-refractivity contribution in [1.29, 1.82) is 0 Å². The number of rotatable bonds is 1. The summed E-state index contributed by atoms with van der Waals surface area (Å²) in [5.41, 5.74) is 9.81. The molecule has 0 aliphatic carbocycles. The van der Waals surface area contributed by atoms with E-state index in [-0.39, 0.29) is 29.2 Å². The van der Waals surface area contributed by atoms with Gasteiger partial charge in [-0.2, -0.15) is 0 Å². The summed E-state index contributed by atoms with van der Waals surface area (Å²) in [4.78, 5) is 0. The van der Waals surface area contributed by atoms with Crippen LogP contribution in [0.2, 0.25) is 0 Å². The Kier molecular flexibility index (Phi) is 45.6. The maximum atomic E-state index is 4.90. The standard InChI is InChI=1S/C2H8N2.ClH.Co/c3-1-2-4;;/h1-4H2;1H;. The summed E-state index contributed by atoms with van der Waals surface area (Å²) in [6.07, 6.45) is 0. The Morgan fingerprint density at radius 3 is 1.17 bits per heavy atom. The molecular formula is C2H9ClCoN2. The van der Waals surface area contributed by atoms with Gasteiger partial charge in [0.25, 0.3) is 0 Å². The van der Waals surface area contributed by atoms with E-state index < -0.39 is 0 Å². The first-order chi connectivity index (χ1) is 1.91. The molecule has 0 aliphatic heterocycles. The fraction of sp³-hybridized carbons (Fsp3) is 1.00. The topological polar surface area (TPSA) is 52.0 Å². The Hall–Kier alpha value is 0.716. The van der Waals surface area contributed by atoms with Crippen LogP contribution in [0.1, 0.15) is 0 Å². The molecule has 0 aromatic carbocycles. The van der Waals surface area contributed by atoms with Gasteiger partial charge in [0.1, 0.15) is 0 Å². The minimum atomic E-state index is 0. The molecule has 0 saturated heterocycles. The van der Waals surface area contributed by atoms with Crippen LogP contribution in [-0.2, 0) is 16.8 Å². The predicted octanol–water partition coefficient (Wildman–Crippen LogP) is -0.677. The third-order valence-electron chi connectivity index (χ3n) is 0.167. The average molecular weight is 155 g/mol. The Bertz CT molecular complexity index is 13.5. The predicted molar refractivity (Wildman–Crippen MR) is 25.4 cm³/mol. The number of halogens is 1. The van der Waals surface area contributed by atoms with E-state index in [1.54, 1.807) is 0 Å².